The maximum Gasteiger partial charge on any atom is 0.410 e. The normalized spacial score (nSPS) is 19.2. The molecule has 0 aromatic carbocycles. The van der Waals surface area contributed by atoms with Gasteiger partial charge in [0, 0.05) is 32.1 Å². The molecule has 1 fully saturated rings. The lowest BCUT2D eigenvalue weighted by Crippen LogP contribution is -2.50. The van der Waals surface area contributed by atoms with Crippen LogP contribution in [0.25, 0.3) is 0 Å². The molecule has 7 heteroatoms. The molecule has 2 rings (SSSR count). The first-order valence-corrected chi connectivity index (χ1v) is 8.00. The Kier molecular flexibility index (Phi) is 5.76. The molecule has 0 radical (unpaired) electrons. The van der Waals surface area contributed by atoms with Crippen LogP contribution in [0.5, 0.6) is 0 Å². The second-order valence-corrected chi connectivity index (χ2v) is 6.71. The van der Waals surface area contributed by atoms with E-state index in [1.54, 1.807) is 0 Å². The third kappa shape index (κ3) is 5.29. The molecular formula is C15H27N5O2. The van der Waals surface area contributed by atoms with Crippen molar-refractivity contribution in [2.24, 2.45) is 0 Å². The fraction of sp³-hybridized carbons (Fsp3) is 0.800. The molecule has 1 amide bonds. The highest BCUT2D eigenvalue weighted by Crippen LogP contribution is 2.20. The standard InChI is InChI=1S/C15H27N5O2/c1-15(2,3)22-14(21)20-9-5-4-6-12(20)10-16-8-7-13-17-11-18-19-13/h11-12,16H,4-10H2,1-3H3,(H,17,18,19). The molecule has 1 unspecified atom stereocenters. The Morgan fingerprint density at radius 3 is 3.00 bits per heavy atom. The Labute approximate surface area is 131 Å². The summed E-state index contributed by atoms with van der Waals surface area (Å²) >= 11 is 0. The number of nitrogens with one attached hydrogen (secondary N) is 2. The van der Waals surface area contributed by atoms with Crippen molar-refractivity contribution in [2.75, 3.05) is 19.6 Å². The van der Waals surface area contributed by atoms with Crippen molar-refractivity contribution in [3.8, 4) is 0 Å². The van der Waals surface area contributed by atoms with Gasteiger partial charge in [-0.3, -0.25) is 5.10 Å². The highest BCUT2D eigenvalue weighted by Gasteiger charge is 2.30. The van der Waals surface area contributed by atoms with Crippen LogP contribution >= 0.6 is 0 Å². The zero-order valence-corrected chi connectivity index (χ0v) is 13.8. The van der Waals surface area contributed by atoms with Gasteiger partial charge in [-0.05, 0) is 40.0 Å². The van der Waals surface area contributed by atoms with Crippen molar-refractivity contribution in [1.29, 1.82) is 0 Å². The Balaban J connectivity index is 1.77. The fourth-order valence-corrected chi connectivity index (χ4v) is 2.60. The lowest BCUT2D eigenvalue weighted by atomic mass is 10.0. The number of H-pyrrole nitrogens is 1. The first kappa shape index (κ1) is 16.7. The maximum absolute atomic E-state index is 12.3. The van der Waals surface area contributed by atoms with Gasteiger partial charge < -0.3 is 15.0 Å². The molecule has 0 spiro atoms. The van der Waals surface area contributed by atoms with Crippen molar-refractivity contribution >= 4 is 6.09 Å². The Morgan fingerprint density at radius 2 is 2.32 bits per heavy atom. The molecule has 22 heavy (non-hydrogen) atoms. The smallest absolute Gasteiger partial charge is 0.410 e. The van der Waals surface area contributed by atoms with E-state index in [9.17, 15) is 4.79 Å². The molecule has 7 nitrogen and oxygen atoms in total. The number of likely N-dealkylation sites (tertiary alicyclic amines) is 1. The maximum atomic E-state index is 12.3. The minimum Gasteiger partial charge on any atom is -0.444 e. The fourth-order valence-electron chi connectivity index (χ4n) is 2.60. The number of aromatic nitrogens is 3. The number of hydrogen-bond donors (Lipinski definition) is 2. The summed E-state index contributed by atoms with van der Waals surface area (Å²) < 4.78 is 5.51. The van der Waals surface area contributed by atoms with Gasteiger partial charge in [0.1, 0.15) is 17.8 Å². The number of amides is 1. The van der Waals surface area contributed by atoms with E-state index in [-0.39, 0.29) is 12.1 Å². The van der Waals surface area contributed by atoms with Crippen molar-refractivity contribution in [1.82, 2.24) is 25.4 Å². The predicted molar refractivity (Wildman–Crippen MR) is 83.5 cm³/mol. The van der Waals surface area contributed by atoms with Gasteiger partial charge in [-0.25, -0.2) is 9.78 Å². The van der Waals surface area contributed by atoms with Crippen LogP contribution in [0.15, 0.2) is 6.33 Å². The van der Waals surface area contributed by atoms with E-state index >= 15 is 0 Å². The largest absolute Gasteiger partial charge is 0.444 e. The zero-order chi connectivity index (χ0) is 16.0. The average molecular weight is 309 g/mol. The third-order valence-corrected chi connectivity index (χ3v) is 3.64. The minimum atomic E-state index is -0.446. The molecule has 0 aliphatic carbocycles. The Morgan fingerprint density at radius 1 is 1.50 bits per heavy atom. The number of piperidine rings is 1. The van der Waals surface area contributed by atoms with E-state index in [4.69, 9.17) is 4.74 Å². The summed E-state index contributed by atoms with van der Waals surface area (Å²) in [6, 6.07) is 0.207. The van der Waals surface area contributed by atoms with E-state index < -0.39 is 5.60 Å². The number of carbonyl (C=O) groups excluding carboxylic acids is 1. The summed E-state index contributed by atoms with van der Waals surface area (Å²) in [4.78, 5) is 18.3. The summed E-state index contributed by atoms with van der Waals surface area (Å²) in [7, 11) is 0. The third-order valence-electron chi connectivity index (χ3n) is 3.64. The van der Waals surface area contributed by atoms with Crippen LogP contribution in [-0.4, -0.2) is 57.5 Å². The summed E-state index contributed by atoms with van der Waals surface area (Å²) in [5.74, 6) is 0.875. The number of ether oxygens (including phenoxy) is 1. The SMILES string of the molecule is CC(C)(C)OC(=O)N1CCCCC1CNCCc1ncn[nH]1. The monoisotopic (exact) mass is 309 g/mol. The van der Waals surface area contributed by atoms with Crippen LogP contribution in [0.2, 0.25) is 0 Å². The summed E-state index contributed by atoms with van der Waals surface area (Å²) in [6.07, 6.45) is 5.35. The van der Waals surface area contributed by atoms with Crippen molar-refractivity contribution in [3.63, 3.8) is 0 Å². The van der Waals surface area contributed by atoms with Crippen LogP contribution in [0.3, 0.4) is 0 Å². The molecule has 2 N–H and O–H groups in total. The highest BCUT2D eigenvalue weighted by atomic mass is 16.6. The minimum absolute atomic E-state index is 0.200. The molecule has 124 valence electrons. The molecular weight excluding hydrogens is 282 g/mol. The average Bonchev–Trinajstić information content (AvgIpc) is 2.95. The summed E-state index contributed by atoms with van der Waals surface area (Å²) in [5.41, 5.74) is -0.446. The topological polar surface area (TPSA) is 83.1 Å². The Bertz CT molecular complexity index is 455. The van der Waals surface area contributed by atoms with Crippen LogP contribution in [0.1, 0.15) is 45.9 Å². The molecule has 1 aromatic heterocycles. The molecule has 1 aromatic rings. The second kappa shape index (κ2) is 7.58. The van der Waals surface area contributed by atoms with E-state index in [0.717, 1.165) is 51.1 Å². The van der Waals surface area contributed by atoms with Gasteiger partial charge in [-0.1, -0.05) is 0 Å². The van der Waals surface area contributed by atoms with Gasteiger partial charge >= 0.3 is 6.09 Å². The zero-order valence-electron chi connectivity index (χ0n) is 13.8. The molecule has 1 saturated heterocycles. The molecule has 1 aliphatic heterocycles. The van der Waals surface area contributed by atoms with Gasteiger partial charge in [-0.2, -0.15) is 5.10 Å². The second-order valence-electron chi connectivity index (χ2n) is 6.71. The predicted octanol–water partition coefficient (Wildman–Crippen LogP) is 1.73. The van der Waals surface area contributed by atoms with Crippen LogP contribution < -0.4 is 5.32 Å². The van der Waals surface area contributed by atoms with Crippen molar-refractivity contribution in [2.45, 2.75) is 58.1 Å². The van der Waals surface area contributed by atoms with E-state index in [0.29, 0.717) is 0 Å². The molecule has 1 aliphatic rings. The summed E-state index contributed by atoms with van der Waals surface area (Å²) in [5, 5.41) is 10.1. The van der Waals surface area contributed by atoms with Crippen LogP contribution in [0, 0.1) is 0 Å². The van der Waals surface area contributed by atoms with Crippen molar-refractivity contribution in [3.05, 3.63) is 12.2 Å². The van der Waals surface area contributed by atoms with Gasteiger partial charge in [0.2, 0.25) is 0 Å². The highest BCUT2D eigenvalue weighted by molar-refractivity contribution is 5.68. The molecule has 0 bridgehead atoms. The number of aromatic amines is 1. The molecule has 1 atom stereocenters. The number of carbonyl (C=O) groups is 1. The van der Waals surface area contributed by atoms with Crippen LogP contribution in [0.4, 0.5) is 4.79 Å². The van der Waals surface area contributed by atoms with Crippen molar-refractivity contribution < 1.29 is 9.53 Å². The van der Waals surface area contributed by atoms with Gasteiger partial charge in [0.05, 0.1) is 0 Å². The van der Waals surface area contributed by atoms with Gasteiger partial charge in [-0.15, -0.1) is 0 Å². The number of hydrogen-bond acceptors (Lipinski definition) is 5. The Hall–Kier alpha value is -1.63. The molecule has 2 heterocycles. The van der Waals surface area contributed by atoms with E-state index in [1.165, 1.54) is 6.33 Å². The molecule has 0 saturated carbocycles. The first-order chi connectivity index (χ1) is 10.5. The first-order valence-electron chi connectivity index (χ1n) is 8.00. The van der Waals surface area contributed by atoms with Gasteiger partial charge in [0.15, 0.2) is 0 Å². The lowest BCUT2D eigenvalue weighted by molar-refractivity contribution is 0.00999. The van der Waals surface area contributed by atoms with E-state index in [1.807, 2.05) is 25.7 Å². The van der Waals surface area contributed by atoms with Crippen LogP contribution in [-0.2, 0) is 11.2 Å². The number of nitrogens with zero attached hydrogens (tertiary/aromatic N) is 3. The van der Waals surface area contributed by atoms with Gasteiger partial charge in [0.25, 0.3) is 0 Å². The van der Waals surface area contributed by atoms with E-state index in [2.05, 4.69) is 20.5 Å². The summed E-state index contributed by atoms with van der Waals surface area (Å²) in [6.45, 7) is 8.09. The number of rotatable bonds is 5. The lowest BCUT2D eigenvalue weighted by Gasteiger charge is -2.36. The quantitative estimate of drug-likeness (QED) is 0.809.